The molecule has 0 amide bonds. The summed E-state index contributed by atoms with van der Waals surface area (Å²) in [7, 11) is -0.633. The van der Waals surface area contributed by atoms with E-state index in [1.165, 1.54) is 14.2 Å². The molecule has 0 unspecified atom stereocenters. The van der Waals surface area contributed by atoms with Gasteiger partial charge < -0.3 is 0 Å². The largest absolute Gasteiger partial charge is 0.384 e. The monoisotopic (exact) mass is 184 g/mol. The SMILES string of the molecule is CCCP(=O)(OOC)OOC. The summed E-state index contributed by atoms with van der Waals surface area (Å²) in [6.45, 7) is 1.85. The molecule has 68 valence electrons. The second kappa shape index (κ2) is 5.69. The second-order valence-electron chi connectivity index (χ2n) is 1.82. The Morgan fingerprint density at radius 3 is 1.91 bits per heavy atom. The van der Waals surface area contributed by atoms with Gasteiger partial charge in [0.15, 0.2) is 0 Å². The minimum absolute atomic E-state index is 0.272. The zero-order valence-corrected chi connectivity index (χ0v) is 7.80. The van der Waals surface area contributed by atoms with E-state index in [1.54, 1.807) is 0 Å². The van der Waals surface area contributed by atoms with Gasteiger partial charge in [0.05, 0.1) is 20.4 Å². The molecule has 0 radical (unpaired) electrons. The van der Waals surface area contributed by atoms with Crippen molar-refractivity contribution in [2.75, 3.05) is 20.4 Å². The highest BCUT2D eigenvalue weighted by Crippen LogP contribution is 2.48. The van der Waals surface area contributed by atoms with Crippen LogP contribution in [0.5, 0.6) is 0 Å². The highest BCUT2D eigenvalue weighted by Gasteiger charge is 2.25. The summed E-state index contributed by atoms with van der Waals surface area (Å²) in [6.07, 6.45) is 0.943. The Hall–Kier alpha value is 0.0700. The normalized spacial score (nSPS) is 11.9. The van der Waals surface area contributed by atoms with Crippen LogP contribution in [0.15, 0.2) is 0 Å². The quantitative estimate of drug-likeness (QED) is 0.357. The van der Waals surface area contributed by atoms with Crippen LogP contribution in [0.2, 0.25) is 0 Å². The predicted molar refractivity (Wildman–Crippen MR) is 39.0 cm³/mol. The smallest absolute Gasteiger partial charge is 0.255 e. The van der Waals surface area contributed by atoms with Gasteiger partial charge in [0.2, 0.25) is 0 Å². The third-order valence-corrected chi connectivity index (χ3v) is 2.62. The van der Waals surface area contributed by atoms with Crippen molar-refractivity contribution >= 4 is 7.60 Å². The first-order valence-corrected chi connectivity index (χ1v) is 4.95. The van der Waals surface area contributed by atoms with E-state index in [1.807, 2.05) is 6.92 Å². The summed E-state index contributed by atoms with van der Waals surface area (Å²) in [4.78, 5) is 8.49. The van der Waals surface area contributed by atoms with Gasteiger partial charge in [-0.3, -0.25) is 4.57 Å². The highest BCUT2D eigenvalue weighted by molar-refractivity contribution is 7.53. The Labute approximate surface area is 66.0 Å². The molecule has 0 aromatic heterocycles. The van der Waals surface area contributed by atoms with E-state index in [-0.39, 0.29) is 6.16 Å². The number of hydrogen-bond donors (Lipinski definition) is 0. The van der Waals surface area contributed by atoms with Gasteiger partial charge in [-0.15, -0.1) is 9.35 Å². The number of rotatable bonds is 6. The zero-order chi connectivity index (χ0) is 8.74. The van der Waals surface area contributed by atoms with Crippen molar-refractivity contribution in [2.45, 2.75) is 13.3 Å². The Bertz CT molecular complexity index is 113. The van der Waals surface area contributed by atoms with Crippen LogP contribution in [0.25, 0.3) is 0 Å². The first kappa shape index (κ1) is 11.1. The topological polar surface area (TPSA) is 54.0 Å². The molecule has 11 heavy (non-hydrogen) atoms. The van der Waals surface area contributed by atoms with E-state index in [9.17, 15) is 4.57 Å². The summed E-state index contributed by atoms with van der Waals surface area (Å²) in [5, 5.41) is 0. The minimum atomic E-state index is -3.16. The van der Waals surface area contributed by atoms with Crippen molar-refractivity contribution in [1.82, 2.24) is 0 Å². The highest BCUT2D eigenvalue weighted by atomic mass is 31.2. The molecule has 0 heterocycles. The van der Waals surface area contributed by atoms with Gasteiger partial charge >= 0.3 is 7.60 Å². The molecule has 5 nitrogen and oxygen atoms in total. The molecule has 0 aliphatic heterocycles. The Morgan fingerprint density at radius 1 is 1.18 bits per heavy atom. The first-order chi connectivity index (χ1) is 5.18. The van der Waals surface area contributed by atoms with Crippen molar-refractivity contribution in [3.05, 3.63) is 0 Å². The summed E-state index contributed by atoms with van der Waals surface area (Å²) in [5.74, 6) is 0. The van der Waals surface area contributed by atoms with Gasteiger partial charge in [-0.2, -0.15) is 0 Å². The third kappa shape index (κ3) is 4.50. The maximum absolute atomic E-state index is 11.3. The fraction of sp³-hybridized carbons (Fsp3) is 1.00. The van der Waals surface area contributed by atoms with E-state index < -0.39 is 7.60 Å². The maximum Gasteiger partial charge on any atom is 0.384 e. The van der Waals surface area contributed by atoms with Crippen LogP contribution in [0.1, 0.15) is 13.3 Å². The van der Waals surface area contributed by atoms with Crippen molar-refractivity contribution in [1.29, 1.82) is 0 Å². The van der Waals surface area contributed by atoms with E-state index in [0.29, 0.717) is 6.42 Å². The van der Waals surface area contributed by atoms with E-state index in [2.05, 4.69) is 19.1 Å². The lowest BCUT2D eigenvalue weighted by Gasteiger charge is -2.11. The molecule has 0 N–H and O–H groups in total. The van der Waals surface area contributed by atoms with E-state index >= 15 is 0 Å². The molecular formula is C5H13O5P. The van der Waals surface area contributed by atoms with E-state index in [0.717, 1.165) is 0 Å². The van der Waals surface area contributed by atoms with Gasteiger partial charge in [0, 0.05) is 0 Å². The average molecular weight is 184 g/mol. The van der Waals surface area contributed by atoms with Crippen molar-refractivity contribution in [3.63, 3.8) is 0 Å². The Kier molecular flexibility index (Phi) is 5.72. The van der Waals surface area contributed by atoms with Gasteiger partial charge in [0.25, 0.3) is 0 Å². The molecular weight excluding hydrogens is 171 g/mol. The molecule has 0 saturated heterocycles. The minimum Gasteiger partial charge on any atom is -0.255 e. The molecule has 6 heteroatoms. The number of hydrogen-bond acceptors (Lipinski definition) is 5. The van der Waals surface area contributed by atoms with Gasteiger partial charge in [-0.25, -0.2) is 9.78 Å². The van der Waals surface area contributed by atoms with Crippen LogP contribution in [-0.4, -0.2) is 20.4 Å². The summed E-state index contributed by atoms with van der Waals surface area (Å²) in [5.41, 5.74) is 0. The average Bonchev–Trinajstić information content (AvgIpc) is 1.88. The summed E-state index contributed by atoms with van der Waals surface area (Å²) in [6, 6.07) is 0. The van der Waals surface area contributed by atoms with Crippen LogP contribution in [0, 0.1) is 0 Å². The Morgan fingerprint density at radius 2 is 1.64 bits per heavy atom. The van der Waals surface area contributed by atoms with Crippen LogP contribution in [0.3, 0.4) is 0 Å². The van der Waals surface area contributed by atoms with E-state index in [4.69, 9.17) is 0 Å². The summed E-state index contributed by atoms with van der Waals surface area (Å²) < 4.78 is 20.2. The van der Waals surface area contributed by atoms with Crippen LogP contribution in [-0.2, 0) is 23.7 Å². The molecule has 0 aromatic carbocycles. The van der Waals surface area contributed by atoms with Gasteiger partial charge in [0.1, 0.15) is 0 Å². The molecule has 0 spiro atoms. The van der Waals surface area contributed by atoms with Crippen LogP contribution < -0.4 is 0 Å². The van der Waals surface area contributed by atoms with Crippen molar-refractivity contribution in [3.8, 4) is 0 Å². The predicted octanol–water partition coefficient (Wildman–Crippen LogP) is 1.75. The molecule has 0 rings (SSSR count). The summed E-state index contributed by atoms with van der Waals surface area (Å²) >= 11 is 0. The van der Waals surface area contributed by atoms with Gasteiger partial charge in [-0.05, 0) is 6.42 Å². The van der Waals surface area contributed by atoms with Crippen molar-refractivity contribution < 1.29 is 23.7 Å². The molecule has 0 bridgehead atoms. The molecule has 0 aromatic rings. The lowest BCUT2D eigenvalue weighted by molar-refractivity contribution is -0.242. The molecule has 0 saturated carbocycles. The maximum atomic E-state index is 11.3. The lowest BCUT2D eigenvalue weighted by atomic mass is 10.6. The van der Waals surface area contributed by atoms with Crippen LogP contribution in [0.4, 0.5) is 0 Å². The zero-order valence-electron chi connectivity index (χ0n) is 6.90. The first-order valence-electron chi connectivity index (χ1n) is 3.22. The fourth-order valence-electron chi connectivity index (χ4n) is 0.588. The van der Waals surface area contributed by atoms with Crippen molar-refractivity contribution in [2.24, 2.45) is 0 Å². The van der Waals surface area contributed by atoms with Gasteiger partial charge in [-0.1, -0.05) is 6.92 Å². The van der Waals surface area contributed by atoms with Crippen LogP contribution >= 0.6 is 7.60 Å². The molecule has 0 fully saturated rings. The fourth-order valence-corrected chi connectivity index (χ4v) is 1.76. The lowest BCUT2D eigenvalue weighted by Crippen LogP contribution is -1.98. The molecule has 0 aliphatic carbocycles. The molecule has 0 aliphatic rings. The third-order valence-electron chi connectivity index (χ3n) is 0.874. The molecule has 0 atom stereocenters. The second-order valence-corrected chi connectivity index (χ2v) is 3.78. The Balaban J connectivity index is 3.91. The standard InChI is InChI=1S/C5H13O5P/c1-4-5-11(6,9-7-2)10-8-3/h4-5H2,1-3H3.